The smallest absolute Gasteiger partial charge is 0.105 e. The highest BCUT2D eigenvalue weighted by molar-refractivity contribution is 5.05. The van der Waals surface area contributed by atoms with Crippen LogP contribution in [0.3, 0.4) is 0 Å². The molecule has 1 N–H and O–H groups in total. The van der Waals surface area contributed by atoms with Crippen molar-refractivity contribution in [2.45, 2.75) is 52.6 Å². The van der Waals surface area contributed by atoms with Crippen LogP contribution in [0.1, 0.15) is 41.0 Å². The van der Waals surface area contributed by atoms with Crippen LogP contribution in [0.2, 0.25) is 0 Å². The summed E-state index contributed by atoms with van der Waals surface area (Å²) in [6.45, 7) is 17.5. The monoisotopic (exact) mass is 280 g/mol. The molecule has 0 radical (unpaired) electrons. The molecule has 1 aliphatic rings. The summed E-state index contributed by atoms with van der Waals surface area (Å²) in [5.74, 6) is 0.745. The maximum atomic E-state index is 9.37. The van der Waals surface area contributed by atoms with E-state index in [1.807, 2.05) is 6.92 Å². The first kappa shape index (κ1) is 17.4. The summed E-state index contributed by atoms with van der Waals surface area (Å²) in [5, 5.41) is 12.7. The summed E-state index contributed by atoms with van der Waals surface area (Å²) >= 11 is 0. The van der Waals surface area contributed by atoms with Gasteiger partial charge in [-0.25, -0.2) is 0 Å². The van der Waals surface area contributed by atoms with E-state index in [1.165, 1.54) is 6.54 Å². The van der Waals surface area contributed by atoms with Crippen molar-refractivity contribution in [3.8, 4) is 6.07 Å². The highest BCUT2D eigenvalue weighted by atomic mass is 15.3. The van der Waals surface area contributed by atoms with Crippen molar-refractivity contribution in [2.75, 3.05) is 39.3 Å². The minimum Gasteiger partial charge on any atom is -0.301 e. The molecule has 0 saturated carbocycles. The van der Waals surface area contributed by atoms with Gasteiger partial charge in [-0.1, -0.05) is 20.8 Å². The van der Waals surface area contributed by atoms with Gasteiger partial charge in [0.25, 0.3) is 0 Å². The van der Waals surface area contributed by atoms with Gasteiger partial charge in [-0.05, 0) is 32.7 Å². The first-order chi connectivity index (χ1) is 9.40. The summed E-state index contributed by atoms with van der Waals surface area (Å²) in [7, 11) is 0. The third-order valence-corrected chi connectivity index (χ3v) is 4.17. The Bertz CT molecular complexity index is 315. The Hall–Kier alpha value is -0.630. The van der Waals surface area contributed by atoms with Crippen molar-refractivity contribution in [1.29, 1.82) is 5.26 Å². The summed E-state index contributed by atoms with van der Waals surface area (Å²) in [4.78, 5) is 5.09. The molecule has 0 bridgehead atoms. The summed E-state index contributed by atoms with van der Waals surface area (Å²) < 4.78 is 0. The second kappa shape index (κ2) is 7.97. The first-order valence-corrected chi connectivity index (χ1v) is 8.03. The van der Waals surface area contributed by atoms with Gasteiger partial charge in [-0.15, -0.1) is 0 Å². The molecule has 2 atom stereocenters. The Balaban J connectivity index is 2.43. The van der Waals surface area contributed by atoms with Crippen molar-refractivity contribution >= 4 is 0 Å². The maximum Gasteiger partial charge on any atom is 0.105 e. The molecule has 1 fully saturated rings. The standard InChI is InChI=1S/C16H32N4/c1-6-18-16(5,13-17)11-15(4)20-9-7-19(8-10-20)12-14(2)3/h14-15,18H,6-12H2,1-5H3. The Kier molecular flexibility index (Phi) is 6.94. The van der Waals surface area contributed by atoms with Crippen LogP contribution in [0.4, 0.5) is 0 Å². The highest BCUT2D eigenvalue weighted by Gasteiger charge is 2.29. The molecule has 1 rings (SSSR count). The largest absolute Gasteiger partial charge is 0.301 e. The van der Waals surface area contributed by atoms with Gasteiger partial charge in [0, 0.05) is 38.8 Å². The van der Waals surface area contributed by atoms with Crippen molar-refractivity contribution < 1.29 is 0 Å². The minimum absolute atomic E-state index is 0.400. The van der Waals surface area contributed by atoms with E-state index in [1.54, 1.807) is 0 Å². The van der Waals surface area contributed by atoms with Crippen LogP contribution < -0.4 is 5.32 Å². The van der Waals surface area contributed by atoms with Crippen molar-refractivity contribution in [2.24, 2.45) is 5.92 Å². The number of nitrogens with one attached hydrogen (secondary N) is 1. The summed E-state index contributed by atoms with van der Waals surface area (Å²) in [5.41, 5.74) is -0.400. The van der Waals surface area contributed by atoms with E-state index in [0.29, 0.717) is 6.04 Å². The van der Waals surface area contributed by atoms with Gasteiger partial charge in [0.15, 0.2) is 0 Å². The molecule has 0 aromatic carbocycles. The van der Waals surface area contributed by atoms with Gasteiger partial charge in [0.1, 0.15) is 5.54 Å². The van der Waals surface area contributed by atoms with E-state index >= 15 is 0 Å². The lowest BCUT2D eigenvalue weighted by molar-refractivity contribution is 0.0844. The lowest BCUT2D eigenvalue weighted by atomic mass is 9.94. The molecular formula is C16H32N4. The van der Waals surface area contributed by atoms with E-state index in [-0.39, 0.29) is 0 Å². The summed E-state index contributed by atoms with van der Waals surface area (Å²) in [6.07, 6.45) is 0.890. The lowest BCUT2D eigenvalue weighted by Crippen LogP contribution is -2.53. The number of piperazine rings is 1. The van der Waals surface area contributed by atoms with Gasteiger partial charge in [0.2, 0.25) is 0 Å². The third kappa shape index (κ3) is 5.40. The number of nitrogens with zero attached hydrogens (tertiary/aromatic N) is 3. The van der Waals surface area contributed by atoms with Gasteiger partial charge in [0.05, 0.1) is 6.07 Å². The van der Waals surface area contributed by atoms with Crippen LogP contribution in [0.5, 0.6) is 0 Å². The zero-order chi connectivity index (χ0) is 15.2. The second-order valence-corrected chi connectivity index (χ2v) is 6.76. The van der Waals surface area contributed by atoms with Crippen LogP contribution in [-0.2, 0) is 0 Å². The fourth-order valence-corrected chi connectivity index (χ4v) is 3.17. The number of hydrogen-bond donors (Lipinski definition) is 1. The Morgan fingerprint density at radius 3 is 2.25 bits per heavy atom. The molecule has 4 heteroatoms. The van der Waals surface area contributed by atoms with E-state index in [0.717, 1.165) is 45.1 Å². The Morgan fingerprint density at radius 1 is 1.20 bits per heavy atom. The fraction of sp³-hybridized carbons (Fsp3) is 0.938. The van der Waals surface area contributed by atoms with Gasteiger partial charge < -0.3 is 4.90 Å². The number of nitriles is 1. The normalized spacial score (nSPS) is 22.4. The first-order valence-electron chi connectivity index (χ1n) is 8.03. The second-order valence-electron chi connectivity index (χ2n) is 6.76. The molecule has 0 spiro atoms. The van der Waals surface area contributed by atoms with Crippen molar-refractivity contribution in [3.05, 3.63) is 0 Å². The van der Waals surface area contributed by atoms with Gasteiger partial charge >= 0.3 is 0 Å². The Labute approximate surface area is 125 Å². The maximum absolute atomic E-state index is 9.37. The topological polar surface area (TPSA) is 42.3 Å². The SMILES string of the molecule is CCNC(C)(C#N)CC(C)N1CCN(CC(C)C)CC1. The molecule has 2 unspecified atom stereocenters. The molecule has 1 aliphatic heterocycles. The highest BCUT2D eigenvalue weighted by Crippen LogP contribution is 2.17. The molecule has 20 heavy (non-hydrogen) atoms. The summed E-state index contributed by atoms with van der Waals surface area (Å²) in [6, 6.07) is 2.89. The molecule has 1 heterocycles. The van der Waals surface area contributed by atoms with Crippen LogP contribution in [0.15, 0.2) is 0 Å². The zero-order valence-corrected chi connectivity index (χ0v) is 13.9. The molecule has 1 saturated heterocycles. The van der Waals surface area contributed by atoms with Gasteiger partial charge in [-0.2, -0.15) is 5.26 Å². The average molecular weight is 280 g/mol. The number of hydrogen-bond acceptors (Lipinski definition) is 4. The van der Waals surface area contributed by atoms with Crippen LogP contribution in [0, 0.1) is 17.2 Å². The lowest BCUT2D eigenvalue weighted by Gasteiger charge is -2.40. The number of rotatable bonds is 7. The van der Waals surface area contributed by atoms with E-state index in [2.05, 4.69) is 48.9 Å². The molecule has 0 aromatic heterocycles. The molecule has 0 amide bonds. The predicted octanol–water partition coefficient (Wildman–Crippen LogP) is 1.93. The minimum atomic E-state index is -0.400. The molecule has 0 aromatic rings. The van der Waals surface area contributed by atoms with Crippen LogP contribution in [-0.4, -0.2) is 60.6 Å². The fourth-order valence-electron chi connectivity index (χ4n) is 3.17. The van der Waals surface area contributed by atoms with E-state index in [4.69, 9.17) is 0 Å². The molecule has 0 aliphatic carbocycles. The van der Waals surface area contributed by atoms with Crippen molar-refractivity contribution in [3.63, 3.8) is 0 Å². The van der Waals surface area contributed by atoms with Crippen molar-refractivity contribution in [1.82, 2.24) is 15.1 Å². The Morgan fingerprint density at radius 2 is 1.80 bits per heavy atom. The van der Waals surface area contributed by atoms with Crippen LogP contribution >= 0.6 is 0 Å². The quantitative estimate of drug-likeness (QED) is 0.774. The third-order valence-electron chi connectivity index (χ3n) is 4.17. The molecule has 116 valence electrons. The van der Waals surface area contributed by atoms with Crippen LogP contribution in [0.25, 0.3) is 0 Å². The van der Waals surface area contributed by atoms with Gasteiger partial charge in [-0.3, -0.25) is 10.2 Å². The zero-order valence-electron chi connectivity index (χ0n) is 13.9. The predicted molar refractivity (Wildman–Crippen MR) is 84.6 cm³/mol. The average Bonchev–Trinajstić information content (AvgIpc) is 2.39. The molecular weight excluding hydrogens is 248 g/mol. The molecule has 4 nitrogen and oxygen atoms in total. The van der Waals surface area contributed by atoms with E-state index in [9.17, 15) is 5.26 Å². The van der Waals surface area contributed by atoms with E-state index < -0.39 is 5.54 Å².